The molecule has 2 amide bonds. The van der Waals surface area contributed by atoms with Crippen LogP contribution >= 0.6 is 0 Å². The Morgan fingerprint density at radius 1 is 0.900 bits per heavy atom. The molecule has 0 fully saturated rings. The molecular weight excluding hydrogens is 383 g/mol. The van der Waals surface area contributed by atoms with Gasteiger partial charge in [-0.05, 0) is 54.4 Å². The Kier molecular flexibility index (Phi) is 5.06. The van der Waals surface area contributed by atoms with Crippen LogP contribution in [-0.2, 0) is 9.59 Å². The highest BCUT2D eigenvalue weighted by molar-refractivity contribution is 6.46. The zero-order chi connectivity index (χ0) is 21.3. The molecule has 1 aliphatic heterocycles. The zero-order valence-corrected chi connectivity index (χ0v) is 16.5. The number of carbonyl (C=O) groups excluding carboxylic acids is 2. The van der Waals surface area contributed by atoms with Crippen molar-refractivity contribution in [1.82, 2.24) is 0 Å². The lowest BCUT2D eigenvalue weighted by Gasteiger charge is -2.16. The van der Waals surface area contributed by atoms with Crippen molar-refractivity contribution in [2.24, 2.45) is 0 Å². The molecule has 1 heterocycles. The first-order valence-electron chi connectivity index (χ1n) is 9.35. The second kappa shape index (κ2) is 7.83. The van der Waals surface area contributed by atoms with Crippen LogP contribution in [0.2, 0.25) is 0 Å². The topological polar surface area (TPSA) is 58.6 Å². The summed E-state index contributed by atoms with van der Waals surface area (Å²) < 4.78 is 18.8. The highest BCUT2D eigenvalue weighted by Crippen LogP contribution is 2.35. The van der Waals surface area contributed by atoms with E-state index in [-0.39, 0.29) is 11.3 Å². The van der Waals surface area contributed by atoms with E-state index < -0.39 is 17.6 Å². The molecule has 3 aromatic carbocycles. The Labute approximate surface area is 173 Å². The molecule has 0 radical (unpaired) electrons. The van der Waals surface area contributed by atoms with Gasteiger partial charge in [0.2, 0.25) is 0 Å². The first kappa shape index (κ1) is 19.4. The number of rotatable bonds is 5. The Balaban J connectivity index is 1.85. The molecule has 0 unspecified atom stereocenters. The number of nitrogens with zero attached hydrogens (tertiary/aromatic N) is 1. The van der Waals surface area contributed by atoms with E-state index in [2.05, 4.69) is 5.32 Å². The van der Waals surface area contributed by atoms with Crippen molar-refractivity contribution in [3.63, 3.8) is 0 Å². The number of imide groups is 1. The predicted octanol–water partition coefficient (Wildman–Crippen LogP) is 4.54. The Morgan fingerprint density at radius 3 is 2.33 bits per heavy atom. The first-order chi connectivity index (χ1) is 14.5. The van der Waals surface area contributed by atoms with Gasteiger partial charge < -0.3 is 10.1 Å². The van der Waals surface area contributed by atoms with Crippen LogP contribution in [0.15, 0.2) is 78.5 Å². The number of para-hydroxylation sites is 2. The Hall–Kier alpha value is -3.93. The van der Waals surface area contributed by atoms with E-state index in [1.807, 2.05) is 13.0 Å². The second-order valence-electron chi connectivity index (χ2n) is 6.87. The number of hydrogen-bond donors (Lipinski definition) is 1. The maximum Gasteiger partial charge on any atom is 0.282 e. The quantitative estimate of drug-likeness (QED) is 0.637. The van der Waals surface area contributed by atoms with Gasteiger partial charge in [-0.25, -0.2) is 9.29 Å². The summed E-state index contributed by atoms with van der Waals surface area (Å²) in [5, 5.41) is 3.07. The molecule has 0 spiro atoms. The third-order valence-corrected chi connectivity index (χ3v) is 4.84. The number of nitrogens with one attached hydrogen (secondary N) is 1. The molecule has 1 N–H and O–H groups in total. The van der Waals surface area contributed by atoms with Gasteiger partial charge in [0.05, 0.1) is 24.1 Å². The lowest BCUT2D eigenvalue weighted by molar-refractivity contribution is -0.120. The molecule has 150 valence electrons. The molecule has 0 saturated heterocycles. The van der Waals surface area contributed by atoms with Crippen LogP contribution in [0.3, 0.4) is 0 Å². The van der Waals surface area contributed by atoms with Gasteiger partial charge in [0.1, 0.15) is 17.3 Å². The number of halogens is 1. The fraction of sp³-hybridized carbons (Fsp3) is 0.0833. The summed E-state index contributed by atoms with van der Waals surface area (Å²) in [6.07, 6.45) is 0. The van der Waals surface area contributed by atoms with Crippen molar-refractivity contribution in [1.29, 1.82) is 0 Å². The van der Waals surface area contributed by atoms with Crippen molar-refractivity contribution in [3.05, 3.63) is 95.4 Å². The number of ether oxygens (including phenoxy) is 1. The highest BCUT2D eigenvalue weighted by atomic mass is 19.1. The zero-order valence-electron chi connectivity index (χ0n) is 16.5. The van der Waals surface area contributed by atoms with Gasteiger partial charge in [0.25, 0.3) is 11.8 Å². The molecular formula is C24H19FN2O3. The lowest BCUT2D eigenvalue weighted by Crippen LogP contribution is -2.32. The summed E-state index contributed by atoms with van der Waals surface area (Å²) in [5.74, 6) is -0.867. The summed E-state index contributed by atoms with van der Waals surface area (Å²) in [6.45, 7) is 1.89. The minimum absolute atomic E-state index is 0.109. The Bertz CT molecular complexity index is 1170. The summed E-state index contributed by atoms with van der Waals surface area (Å²) in [7, 11) is 1.52. The van der Waals surface area contributed by atoms with Gasteiger partial charge >= 0.3 is 0 Å². The van der Waals surface area contributed by atoms with Crippen LogP contribution in [0, 0.1) is 12.7 Å². The van der Waals surface area contributed by atoms with Crippen LogP contribution < -0.4 is 15.0 Å². The number of anilines is 2. The van der Waals surface area contributed by atoms with Gasteiger partial charge in [-0.3, -0.25) is 9.59 Å². The first-order valence-corrected chi connectivity index (χ1v) is 9.35. The number of carbonyl (C=O) groups is 2. The van der Waals surface area contributed by atoms with Crippen LogP contribution in [0.25, 0.3) is 5.57 Å². The third-order valence-electron chi connectivity index (χ3n) is 4.84. The maximum absolute atomic E-state index is 13.5. The van der Waals surface area contributed by atoms with E-state index in [9.17, 15) is 14.0 Å². The lowest BCUT2D eigenvalue weighted by atomic mass is 10.0. The largest absolute Gasteiger partial charge is 0.495 e. The van der Waals surface area contributed by atoms with Crippen molar-refractivity contribution in [3.8, 4) is 5.75 Å². The van der Waals surface area contributed by atoms with Crippen LogP contribution in [0.5, 0.6) is 5.75 Å². The number of hydrogen-bond acceptors (Lipinski definition) is 4. The van der Waals surface area contributed by atoms with E-state index in [1.54, 1.807) is 42.5 Å². The molecule has 3 aromatic rings. The van der Waals surface area contributed by atoms with Gasteiger partial charge in [0, 0.05) is 0 Å². The highest BCUT2D eigenvalue weighted by Gasteiger charge is 2.40. The fourth-order valence-corrected chi connectivity index (χ4v) is 3.41. The molecule has 0 saturated carbocycles. The number of amides is 2. The second-order valence-corrected chi connectivity index (χ2v) is 6.87. The number of aryl methyl sites for hydroxylation is 1. The molecule has 30 heavy (non-hydrogen) atoms. The molecule has 0 atom stereocenters. The molecule has 4 rings (SSSR count). The monoisotopic (exact) mass is 402 g/mol. The standard InChI is InChI=1S/C24H19FN2O3/c1-15-6-5-7-18(14-15)27-23(28)21(16-10-12-17(25)13-11-16)22(24(27)29)26-19-8-3-4-9-20(19)30-2/h3-14,26H,1-2H3. The predicted molar refractivity (Wildman–Crippen MR) is 114 cm³/mol. The van der Waals surface area contributed by atoms with Gasteiger partial charge in [-0.15, -0.1) is 0 Å². The maximum atomic E-state index is 13.5. The van der Waals surface area contributed by atoms with Crippen LogP contribution in [0.4, 0.5) is 15.8 Å². The van der Waals surface area contributed by atoms with Crippen molar-refractivity contribution in [2.75, 3.05) is 17.3 Å². The van der Waals surface area contributed by atoms with Crippen molar-refractivity contribution < 1.29 is 18.7 Å². The summed E-state index contributed by atoms with van der Waals surface area (Å²) in [5.41, 5.74) is 2.66. The van der Waals surface area contributed by atoms with E-state index in [0.717, 1.165) is 10.5 Å². The van der Waals surface area contributed by atoms with Gasteiger partial charge in [-0.2, -0.15) is 0 Å². The van der Waals surface area contributed by atoms with E-state index in [0.29, 0.717) is 22.7 Å². The fourth-order valence-electron chi connectivity index (χ4n) is 3.41. The van der Waals surface area contributed by atoms with Crippen LogP contribution in [-0.4, -0.2) is 18.9 Å². The molecule has 5 nitrogen and oxygen atoms in total. The SMILES string of the molecule is COc1ccccc1NC1=C(c2ccc(F)cc2)C(=O)N(c2cccc(C)c2)C1=O. The number of benzene rings is 3. The average Bonchev–Trinajstić information content (AvgIpc) is 2.99. The molecule has 1 aliphatic rings. The van der Waals surface area contributed by atoms with E-state index in [1.165, 1.54) is 31.4 Å². The minimum Gasteiger partial charge on any atom is -0.495 e. The van der Waals surface area contributed by atoms with Gasteiger partial charge in [0.15, 0.2) is 0 Å². The van der Waals surface area contributed by atoms with Crippen molar-refractivity contribution in [2.45, 2.75) is 6.92 Å². The number of methoxy groups -OCH3 is 1. The van der Waals surface area contributed by atoms with E-state index >= 15 is 0 Å². The third kappa shape index (κ3) is 3.43. The average molecular weight is 402 g/mol. The summed E-state index contributed by atoms with van der Waals surface area (Å²) >= 11 is 0. The van der Waals surface area contributed by atoms with E-state index in [4.69, 9.17) is 4.74 Å². The van der Waals surface area contributed by atoms with Crippen molar-refractivity contribution >= 4 is 28.8 Å². The molecule has 0 aliphatic carbocycles. The minimum atomic E-state index is -0.490. The molecule has 0 bridgehead atoms. The Morgan fingerprint density at radius 2 is 1.63 bits per heavy atom. The molecule has 6 heteroatoms. The normalized spacial score (nSPS) is 13.8. The summed E-state index contributed by atoms with van der Waals surface area (Å²) in [6, 6.07) is 19.7. The summed E-state index contributed by atoms with van der Waals surface area (Å²) in [4.78, 5) is 27.8. The van der Waals surface area contributed by atoms with Crippen LogP contribution in [0.1, 0.15) is 11.1 Å². The molecule has 0 aromatic heterocycles. The smallest absolute Gasteiger partial charge is 0.282 e. The van der Waals surface area contributed by atoms with Gasteiger partial charge in [-0.1, -0.05) is 36.4 Å².